The van der Waals surface area contributed by atoms with Gasteiger partial charge in [-0.3, -0.25) is 4.79 Å². The molecule has 9 nitrogen and oxygen atoms in total. The molecule has 3 aliphatic rings. The van der Waals surface area contributed by atoms with E-state index in [1.54, 1.807) is 4.90 Å². The maximum atomic E-state index is 14.2. The van der Waals surface area contributed by atoms with E-state index in [-0.39, 0.29) is 47.6 Å². The number of carbonyl (C=O) groups excluding carboxylic acids is 1. The lowest BCUT2D eigenvalue weighted by atomic mass is 9.72. The van der Waals surface area contributed by atoms with E-state index in [4.69, 9.17) is 4.74 Å². The summed E-state index contributed by atoms with van der Waals surface area (Å²) in [6.07, 6.45) is 5.05. The smallest absolute Gasteiger partial charge is 0.282 e. The number of amides is 1. The maximum absolute atomic E-state index is 14.2. The van der Waals surface area contributed by atoms with Gasteiger partial charge in [0.15, 0.2) is 5.82 Å². The van der Waals surface area contributed by atoms with Gasteiger partial charge in [-0.05, 0) is 97.3 Å². The third-order valence-electron chi connectivity index (χ3n) is 8.24. The van der Waals surface area contributed by atoms with Crippen LogP contribution in [0.5, 0.6) is 11.6 Å². The van der Waals surface area contributed by atoms with Crippen molar-refractivity contribution in [3.8, 4) is 11.6 Å². The summed E-state index contributed by atoms with van der Waals surface area (Å²) in [6.45, 7) is 15.3. The molecule has 1 atom stereocenters. The first kappa shape index (κ1) is 29.4. The Hall–Kier alpha value is -2.56. The molecule has 0 saturated carbocycles. The molecule has 3 saturated heterocycles. The molecule has 4 heterocycles. The van der Waals surface area contributed by atoms with E-state index in [1.165, 1.54) is 50.3 Å². The number of aromatic nitrogens is 3. The zero-order valence-corrected chi connectivity index (χ0v) is 24.2. The van der Waals surface area contributed by atoms with E-state index in [1.807, 2.05) is 27.7 Å². The Bertz CT molecular complexity index is 1120. The average Bonchev–Trinajstić information content (AvgIpc) is 3.37. The van der Waals surface area contributed by atoms with Gasteiger partial charge in [-0.25, -0.2) is 9.37 Å². The molecule has 5 rings (SSSR count). The first-order valence-corrected chi connectivity index (χ1v) is 13.9. The van der Waals surface area contributed by atoms with Crippen LogP contribution < -0.4 is 15.0 Å². The standard InChI is InChI=1S/C28H40FN7O2.ClH/c1-19(2)36(20(3)4)27(37)23-13-22(29)5-6-24(23)38-26-25(31-18-32-33-26)35-16-28(17-35)8-11-34(12-9-28)15-21-7-10-30-14-21;/h5-6,13,18-21,30H,7-12,14-17H2,1-4H3;1H/t21-;/m0./s1. The van der Waals surface area contributed by atoms with Gasteiger partial charge in [-0.15, -0.1) is 22.6 Å². The highest BCUT2D eigenvalue weighted by Crippen LogP contribution is 2.44. The summed E-state index contributed by atoms with van der Waals surface area (Å²) >= 11 is 0. The molecule has 1 spiro atoms. The van der Waals surface area contributed by atoms with Crippen molar-refractivity contribution >= 4 is 24.1 Å². The SMILES string of the molecule is CC(C)N(C(=O)c1cc(F)ccc1Oc1nncnc1N1CC2(CCN(C[C@H]3CCNC3)CC2)C1)C(C)C.Cl. The van der Waals surface area contributed by atoms with E-state index in [9.17, 15) is 9.18 Å². The van der Waals surface area contributed by atoms with Gasteiger partial charge in [0, 0.05) is 37.1 Å². The molecule has 3 fully saturated rings. The number of hydrogen-bond acceptors (Lipinski definition) is 8. The van der Waals surface area contributed by atoms with Crippen LogP contribution in [0.4, 0.5) is 10.2 Å². The highest BCUT2D eigenvalue weighted by atomic mass is 35.5. The van der Waals surface area contributed by atoms with Crippen molar-refractivity contribution in [1.29, 1.82) is 0 Å². The van der Waals surface area contributed by atoms with Crippen LogP contribution in [-0.2, 0) is 0 Å². The summed E-state index contributed by atoms with van der Waals surface area (Å²) in [5.41, 5.74) is 0.451. The zero-order chi connectivity index (χ0) is 26.9. The molecule has 1 N–H and O–H groups in total. The van der Waals surface area contributed by atoms with Crippen molar-refractivity contribution < 1.29 is 13.9 Å². The minimum absolute atomic E-state index is 0. The second kappa shape index (κ2) is 12.3. The molecule has 11 heteroatoms. The molecule has 1 aromatic carbocycles. The Kier molecular flexibility index (Phi) is 9.29. The van der Waals surface area contributed by atoms with Gasteiger partial charge in [0.25, 0.3) is 11.8 Å². The van der Waals surface area contributed by atoms with Crippen molar-refractivity contribution in [2.24, 2.45) is 11.3 Å². The number of nitrogens with one attached hydrogen (secondary N) is 1. The number of anilines is 1. The third-order valence-corrected chi connectivity index (χ3v) is 8.24. The molecule has 3 aliphatic heterocycles. The first-order valence-electron chi connectivity index (χ1n) is 13.9. The molecular weight excluding hydrogens is 521 g/mol. The van der Waals surface area contributed by atoms with E-state index < -0.39 is 5.82 Å². The number of benzene rings is 1. The Morgan fingerprint density at radius 3 is 2.56 bits per heavy atom. The minimum atomic E-state index is -0.495. The molecule has 0 aliphatic carbocycles. The second-order valence-electron chi connectivity index (χ2n) is 11.7. The van der Waals surface area contributed by atoms with Crippen molar-refractivity contribution in [1.82, 2.24) is 30.3 Å². The summed E-state index contributed by atoms with van der Waals surface area (Å²) in [5, 5.41) is 11.6. The van der Waals surface area contributed by atoms with Crippen LogP contribution in [0.3, 0.4) is 0 Å². The van der Waals surface area contributed by atoms with Crippen molar-refractivity contribution in [3.05, 3.63) is 35.9 Å². The highest BCUT2D eigenvalue weighted by Gasteiger charge is 2.46. The van der Waals surface area contributed by atoms with Crippen LogP contribution in [0.15, 0.2) is 24.5 Å². The zero-order valence-electron chi connectivity index (χ0n) is 23.4. The van der Waals surface area contributed by atoms with Crippen molar-refractivity contribution in [2.75, 3.05) is 50.7 Å². The van der Waals surface area contributed by atoms with Gasteiger partial charge in [-0.2, -0.15) is 0 Å². The summed E-state index contributed by atoms with van der Waals surface area (Å²) in [4.78, 5) is 24.4. The molecule has 1 amide bonds. The van der Waals surface area contributed by atoms with Crippen molar-refractivity contribution in [3.63, 3.8) is 0 Å². The van der Waals surface area contributed by atoms with Crippen molar-refractivity contribution in [2.45, 2.75) is 59.0 Å². The normalized spacial score (nSPS) is 20.7. The minimum Gasteiger partial charge on any atom is -0.434 e. The van der Waals surface area contributed by atoms with Crippen LogP contribution in [0.25, 0.3) is 0 Å². The monoisotopic (exact) mass is 561 g/mol. The summed E-state index contributed by atoms with van der Waals surface area (Å²) in [7, 11) is 0. The predicted octanol–water partition coefficient (Wildman–Crippen LogP) is 4.00. The summed E-state index contributed by atoms with van der Waals surface area (Å²) in [6, 6.07) is 3.90. The van der Waals surface area contributed by atoms with Gasteiger partial charge < -0.3 is 24.8 Å². The van der Waals surface area contributed by atoms with Crippen LogP contribution in [0.2, 0.25) is 0 Å². The molecule has 214 valence electrons. The Labute approximate surface area is 236 Å². The third kappa shape index (κ3) is 6.44. The number of nitrogens with zero attached hydrogens (tertiary/aromatic N) is 6. The summed E-state index contributed by atoms with van der Waals surface area (Å²) < 4.78 is 20.4. The molecule has 0 unspecified atom stereocenters. The van der Waals surface area contributed by atoms with Gasteiger partial charge in [0.05, 0.1) is 5.56 Å². The fraction of sp³-hybridized carbons (Fsp3) is 0.643. The molecule has 1 aromatic heterocycles. The largest absolute Gasteiger partial charge is 0.434 e. The lowest BCUT2D eigenvalue weighted by Crippen LogP contribution is -2.61. The lowest BCUT2D eigenvalue weighted by molar-refractivity contribution is 0.0640. The number of ether oxygens (including phenoxy) is 1. The second-order valence-corrected chi connectivity index (χ2v) is 11.7. The topological polar surface area (TPSA) is 86.7 Å². The lowest BCUT2D eigenvalue weighted by Gasteiger charge is -2.54. The Balaban J connectivity index is 0.00000353. The molecule has 2 aromatic rings. The number of carbonyl (C=O) groups is 1. The Morgan fingerprint density at radius 1 is 1.21 bits per heavy atom. The van der Waals surface area contributed by atoms with Gasteiger partial charge in [0.1, 0.15) is 17.9 Å². The number of rotatable bonds is 8. The quantitative estimate of drug-likeness (QED) is 0.518. The number of likely N-dealkylation sites (tertiary alicyclic amines) is 1. The first-order chi connectivity index (χ1) is 18.2. The van der Waals surface area contributed by atoms with Crippen LogP contribution >= 0.6 is 12.4 Å². The van der Waals surface area contributed by atoms with Gasteiger partial charge in [-0.1, -0.05) is 0 Å². The predicted molar refractivity (Wildman–Crippen MR) is 151 cm³/mol. The fourth-order valence-corrected chi connectivity index (χ4v) is 6.28. The average molecular weight is 562 g/mol. The molecule has 39 heavy (non-hydrogen) atoms. The molecule has 0 radical (unpaired) electrons. The van der Waals surface area contributed by atoms with E-state index in [0.29, 0.717) is 11.2 Å². The summed E-state index contributed by atoms with van der Waals surface area (Å²) in [5.74, 6) is 1.09. The van der Waals surface area contributed by atoms with E-state index in [0.717, 1.165) is 45.2 Å². The number of piperidine rings is 1. The number of halogens is 2. The van der Waals surface area contributed by atoms with E-state index >= 15 is 0 Å². The van der Waals surface area contributed by atoms with Gasteiger partial charge >= 0.3 is 0 Å². The Morgan fingerprint density at radius 2 is 1.92 bits per heavy atom. The van der Waals surface area contributed by atoms with Gasteiger partial charge in [0.2, 0.25) is 0 Å². The molecule has 0 bridgehead atoms. The van der Waals surface area contributed by atoms with Crippen LogP contribution in [0, 0.1) is 17.2 Å². The van der Waals surface area contributed by atoms with Crippen LogP contribution in [-0.4, -0.2) is 88.8 Å². The highest BCUT2D eigenvalue weighted by molar-refractivity contribution is 5.97. The maximum Gasteiger partial charge on any atom is 0.282 e. The molecular formula is C28H41ClFN7O2. The fourth-order valence-electron chi connectivity index (χ4n) is 6.28. The van der Waals surface area contributed by atoms with E-state index in [2.05, 4.69) is 30.3 Å². The van der Waals surface area contributed by atoms with Crippen LogP contribution in [0.1, 0.15) is 57.3 Å². The number of hydrogen-bond donors (Lipinski definition) is 1.